The van der Waals surface area contributed by atoms with Crippen LogP contribution in [-0.4, -0.2) is 22.7 Å². The molecule has 0 amide bonds. The van der Waals surface area contributed by atoms with Crippen LogP contribution in [0.3, 0.4) is 0 Å². The molecule has 1 N–H and O–H groups in total. The summed E-state index contributed by atoms with van der Waals surface area (Å²) in [4.78, 5) is 7.98. The van der Waals surface area contributed by atoms with Gasteiger partial charge in [-0.2, -0.15) is 13.2 Å². The number of aryl methyl sites for hydroxylation is 2. The zero-order valence-corrected chi connectivity index (χ0v) is 8.52. The second kappa shape index (κ2) is 4.46. The maximum atomic E-state index is 11.8. The molecule has 15 heavy (non-hydrogen) atoms. The molecule has 1 heterocycles. The highest BCUT2D eigenvalue weighted by Gasteiger charge is 2.26. The minimum Gasteiger partial charge on any atom is -0.370 e. The topological polar surface area (TPSA) is 37.8 Å². The van der Waals surface area contributed by atoms with E-state index in [0.717, 1.165) is 5.69 Å². The molecule has 84 valence electrons. The van der Waals surface area contributed by atoms with Crippen molar-refractivity contribution in [3.8, 4) is 0 Å². The van der Waals surface area contributed by atoms with Crippen molar-refractivity contribution in [3.05, 3.63) is 17.6 Å². The number of nitrogens with zero attached hydrogens (tertiary/aromatic N) is 2. The summed E-state index contributed by atoms with van der Waals surface area (Å²) in [6.45, 7) is 3.30. The van der Waals surface area contributed by atoms with Gasteiger partial charge in [0.2, 0.25) is 0 Å². The molecule has 0 atom stereocenters. The lowest BCUT2D eigenvalue weighted by atomic mass is 10.4. The smallest absolute Gasteiger partial charge is 0.370 e. The van der Waals surface area contributed by atoms with Crippen LogP contribution in [-0.2, 0) is 0 Å². The van der Waals surface area contributed by atoms with E-state index in [1.807, 2.05) is 0 Å². The first-order valence-corrected chi connectivity index (χ1v) is 4.50. The van der Waals surface area contributed by atoms with Crippen LogP contribution in [0.4, 0.5) is 19.0 Å². The van der Waals surface area contributed by atoms with E-state index in [2.05, 4.69) is 15.3 Å². The third kappa shape index (κ3) is 4.62. The standard InChI is InChI=1S/C9H12F3N3/c1-6-5-8(15-7(2)14-6)13-4-3-9(10,11)12/h5H,3-4H2,1-2H3,(H,13,14,15). The number of aromatic nitrogens is 2. The van der Waals surface area contributed by atoms with Gasteiger partial charge in [-0.05, 0) is 13.8 Å². The largest absolute Gasteiger partial charge is 0.390 e. The summed E-state index contributed by atoms with van der Waals surface area (Å²) in [5.41, 5.74) is 0.733. The summed E-state index contributed by atoms with van der Waals surface area (Å²) >= 11 is 0. The molecule has 6 heteroatoms. The number of anilines is 1. The van der Waals surface area contributed by atoms with E-state index in [1.54, 1.807) is 19.9 Å². The molecule has 0 bridgehead atoms. The Labute approximate surface area is 85.7 Å². The van der Waals surface area contributed by atoms with Crippen LogP contribution in [0, 0.1) is 13.8 Å². The van der Waals surface area contributed by atoms with Crippen LogP contribution in [0.2, 0.25) is 0 Å². The number of alkyl halides is 3. The van der Waals surface area contributed by atoms with Gasteiger partial charge in [-0.15, -0.1) is 0 Å². The van der Waals surface area contributed by atoms with Crippen molar-refractivity contribution in [1.82, 2.24) is 9.97 Å². The average Bonchev–Trinajstić information content (AvgIpc) is 1.99. The first-order chi connectivity index (χ1) is 6.87. The molecule has 1 aromatic heterocycles. The van der Waals surface area contributed by atoms with Crippen molar-refractivity contribution >= 4 is 5.82 Å². The van der Waals surface area contributed by atoms with E-state index in [9.17, 15) is 13.2 Å². The van der Waals surface area contributed by atoms with Gasteiger partial charge in [0.25, 0.3) is 0 Å². The van der Waals surface area contributed by atoms with Crippen LogP contribution in [0.5, 0.6) is 0 Å². The molecule has 3 nitrogen and oxygen atoms in total. The Bertz CT molecular complexity index is 316. The lowest BCUT2D eigenvalue weighted by Gasteiger charge is -2.08. The first kappa shape index (κ1) is 11.7. The SMILES string of the molecule is Cc1cc(NCCC(F)(F)F)nc(C)n1. The maximum Gasteiger partial charge on any atom is 0.390 e. The summed E-state index contributed by atoms with van der Waals surface area (Å²) in [6, 6.07) is 1.61. The lowest BCUT2D eigenvalue weighted by Crippen LogP contribution is -2.15. The number of nitrogens with one attached hydrogen (secondary N) is 1. The zero-order valence-electron chi connectivity index (χ0n) is 8.52. The van der Waals surface area contributed by atoms with Gasteiger partial charge in [-0.1, -0.05) is 0 Å². The van der Waals surface area contributed by atoms with E-state index in [-0.39, 0.29) is 6.54 Å². The fourth-order valence-corrected chi connectivity index (χ4v) is 1.14. The molecular formula is C9H12F3N3. The molecule has 0 aliphatic heterocycles. The van der Waals surface area contributed by atoms with E-state index < -0.39 is 12.6 Å². The van der Waals surface area contributed by atoms with Gasteiger partial charge in [0, 0.05) is 18.3 Å². The molecule has 1 aromatic rings. The number of hydrogen-bond donors (Lipinski definition) is 1. The summed E-state index contributed by atoms with van der Waals surface area (Å²) in [5.74, 6) is 0.980. The van der Waals surface area contributed by atoms with Crippen LogP contribution < -0.4 is 5.32 Å². The molecule has 0 spiro atoms. The second-order valence-corrected chi connectivity index (χ2v) is 3.23. The lowest BCUT2D eigenvalue weighted by molar-refractivity contribution is -0.131. The number of rotatable bonds is 3. The Balaban J connectivity index is 2.51. The average molecular weight is 219 g/mol. The van der Waals surface area contributed by atoms with Gasteiger partial charge in [-0.25, -0.2) is 9.97 Å². The summed E-state index contributed by atoms with van der Waals surface area (Å²) in [5, 5.41) is 2.61. The van der Waals surface area contributed by atoms with Gasteiger partial charge >= 0.3 is 6.18 Å². The second-order valence-electron chi connectivity index (χ2n) is 3.23. The van der Waals surface area contributed by atoms with Crippen LogP contribution in [0.1, 0.15) is 17.9 Å². The molecule has 0 radical (unpaired) electrons. The van der Waals surface area contributed by atoms with Gasteiger partial charge in [-0.3, -0.25) is 0 Å². The minimum atomic E-state index is -4.13. The quantitative estimate of drug-likeness (QED) is 0.848. The van der Waals surface area contributed by atoms with Crippen molar-refractivity contribution in [2.75, 3.05) is 11.9 Å². The van der Waals surface area contributed by atoms with Crippen LogP contribution in [0.15, 0.2) is 6.07 Å². The third-order valence-corrected chi connectivity index (χ3v) is 1.68. The van der Waals surface area contributed by atoms with Crippen molar-refractivity contribution in [2.45, 2.75) is 26.4 Å². The molecule has 0 aliphatic carbocycles. The summed E-state index contributed by atoms with van der Waals surface area (Å²) in [7, 11) is 0. The normalized spacial score (nSPS) is 11.5. The zero-order chi connectivity index (χ0) is 11.5. The van der Waals surface area contributed by atoms with Gasteiger partial charge in [0.1, 0.15) is 11.6 Å². The molecule has 0 unspecified atom stereocenters. The number of halogens is 3. The maximum absolute atomic E-state index is 11.8. The van der Waals surface area contributed by atoms with Gasteiger partial charge < -0.3 is 5.32 Å². The minimum absolute atomic E-state index is 0.167. The number of hydrogen-bond acceptors (Lipinski definition) is 3. The van der Waals surface area contributed by atoms with E-state index >= 15 is 0 Å². The monoisotopic (exact) mass is 219 g/mol. The predicted molar refractivity (Wildman–Crippen MR) is 50.7 cm³/mol. The fourth-order valence-electron chi connectivity index (χ4n) is 1.14. The highest BCUT2D eigenvalue weighted by molar-refractivity contribution is 5.35. The van der Waals surface area contributed by atoms with E-state index in [1.165, 1.54) is 0 Å². The highest BCUT2D eigenvalue weighted by Crippen LogP contribution is 2.19. The molecule has 0 aromatic carbocycles. The van der Waals surface area contributed by atoms with Crippen molar-refractivity contribution in [1.29, 1.82) is 0 Å². The fraction of sp³-hybridized carbons (Fsp3) is 0.556. The summed E-state index contributed by atoms with van der Waals surface area (Å²) in [6.07, 6.45) is -5.00. The summed E-state index contributed by atoms with van der Waals surface area (Å²) < 4.78 is 35.5. The molecule has 0 saturated carbocycles. The Morgan fingerprint density at radius 1 is 1.27 bits per heavy atom. The van der Waals surface area contributed by atoms with Crippen LogP contribution in [0.25, 0.3) is 0 Å². The van der Waals surface area contributed by atoms with E-state index in [0.29, 0.717) is 11.6 Å². The van der Waals surface area contributed by atoms with Gasteiger partial charge in [0.15, 0.2) is 0 Å². The molecule has 1 rings (SSSR count). The Hall–Kier alpha value is -1.33. The Kier molecular flexibility index (Phi) is 3.49. The van der Waals surface area contributed by atoms with Gasteiger partial charge in [0.05, 0.1) is 6.42 Å². The Morgan fingerprint density at radius 3 is 2.47 bits per heavy atom. The predicted octanol–water partition coefficient (Wildman–Crippen LogP) is 2.46. The molecule has 0 saturated heterocycles. The first-order valence-electron chi connectivity index (χ1n) is 4.50. The molecule has 0 fully saturated rings. The van der Waals surface area contributed by atoms with Crippen molar-refractivity contribution in [3.63, 3.8) is 0 Å². The third-order valence-electron chi connectivity index (χ3n) is 1.68. The van der Waals surface area contributed by atoms with Crippen molar-refractivity contribution < 1.29 is 13.2 Å². The van der Waals surface area contributed by atoms with E-state index in [4.69, 9.17) is 0 Å². The highest BCUT2D eigenvalue weighted by atomic mass is 19.4. The van der Waals surface area contributed by atoms with Crippen LogP contribution >= 0.6 is 0 Å². The van der Waals surface area contributed by atoms with Crippen molar-refractivity contribution in [2.24, 2.45) is 0 Å². The molecular weight excluding hydrogens is 207 g/mol. The molecule has 0 aliphatic rings. The Morgan fingerprint density at radius 2 is 1.93 bits per heavy atom.